The van der Waals surface area contributed by atoms with Crippen molar-refractivity contribution >= 4 is 11.9 Å². The number of carbonyl (C=O) groups is 2. The van der Waals surface area contributed by atoms with Crippen molar-refractivity contribution < 1.29 is 19.4 Å². The summed E-state index contributed by atoms with van der Waals surface area (Å²) in [5.41, 5.74) is 0. The van der Waals surface area contributed by atoms with Crippen LogP contribution in [0.4, 0.5) is 0 Å². The summed E-state index contributed by atoms with van der Waals surface area (Å²) in [4.78, 5) is 22.1. The maximum Gasteiger partial charge on any atom is 0.321 e. The number of aliphatic carboxylic acids is 1. The van der Waals surface area contributed by atoms with Gasteiger partial charge in [0.1, 0.15) is 6.04 Å². The molecule has 1 heterocycles. The highest BCUT2D eigenvalue weighted by atomic mass is 16.5. The van der Waals surface area contributed by atoms with Crippen molar-refractivity contribution in [3.8, 4) is 0 Å². The maximum atomic E-state index is 11.3. The zero-order valence-corrected chi connectivity index (χ0v) is 8.32. The Morgan fingerprint density at radius 3 is 2.64 bits per heavy atom. The first-order valence-electron chi connectivity index (χ1n) is 4.60. The number of methoxy groups -OCH3 is 1. The monoisotopic (exact) mass is 201 g/mol. The molecule has 0 amide bonds. The number of carboxylic acid groups (broad SMARTS) is 1. The summed E-state index contributed by atoms with van der Waals surface area (Å²) in [6, 6.07) is -0.807. The van der Waals surface area contributed by atoms with Gasteiger partial charge in [-0.05, 0) is 18.9 Å². The first kappa shape index (κ1) is 11.0. The van der Waals surface area contributed by atoms with Gasteiger partial charge in [0, 0.05) is 0 Å². The number of hydrogen-bond donors (Lipinski definition) is 2. The number of piperidine rings is 1. The SMILES string of the molecule is COC(=O)C1CC(C)CNC1C(=O)O. The van der Waals surface area contributed by atoms with Crippen molar-refractivity contribution in [2.45, 2.75) is 19.4 Å². The fraction of sp³-hybridized carbons (Fsp3) is 0.778. The topological polar surface area (TPSA) is 75.6 Å². The Hall–Kier alpha value is -1.10. The van der Waals surface area contributed by atoms with E-state index in [1.165, 1.54) is 7.11 Å². The Morgan fingerprint density at radius 1 is 1.50 bits per heavy atom. The van der Waals surface area contributed by atoms with Crippen LogP contribution in [-0.4, -0.2) is 36.7 Å². The Kier molecular flexibility index (Phi) is 3.46. The van der Waals surface area contributed by atoms with Gasteiger partial charge in [0.15, 0.2) is 0 Å². The van der Waals surface area contributed by atoms with Gasteiger partial charge in [-0.25, -0.2) is 0 Å². The number of nitrogens with one attached hydrogen (secondary N) is 1. The highest BCUT2D eigenvalue weighted by Crippen LogP contribution is 2.22. The molecule has 1 rings (SSSR count). The second-order valence-electron chi connectivity index (χ2n) is 3.69. The van der Waals surface area contributed by atoms with E-state index in [1.807, 2.05) is 6.92 Å². The van der Waals surface area contributed by atoms with E-state index >= 15 is 0 Å². The molecule has 3 unspecified atom stereocenters. The lowest BCUT2D eigenvalue weighted by atomic mass is 9.85. The minimum atomic E-state index is -0.993. The summed E-state index contributed by atoms with van der Waals surface area (Å²) in [5, 5.41) is 11.7. The molecule has 1 aliphatic rings. The van der Waals surface area contributed by atoms with Gasteiger partial charge in [-0.1, -0.05) is 6.92 Å². The van der Waals surface area contributed by atoms with E-state index < -0.39 is 23.9 Å². The van der Waals surface area contributed by atoms with Crippen LogP contribution in [0.25, 0.3) is 0 Å². The highest BCUT2D eigenvalue weighted by molar-refractivity contribution is 5.83. The fourth-order valence-electron chi connectivity index (χ4n) is 1.77. The van der Waals surface area contributed by atoms with Crippen LogP contribution in [0, 0.1) is 11.8 Å². The first-order valence-corrected chi connectivity index (χ1v) is 4.60. The lowest BCUT2D eigenvalue weighted by Crippen LogP contribution is -2.52. The molecule has 5 nitrogen and oxygen atoms in total. The minimum Gasteiger partial charge on any atom is -0.480 e. The molecule has 1 saturated heterocycles. The third-order valence-electron chi connectivity index (χ3n) is 2.51. The van der Waals surface area contributed by atoms with Crippen LogP contribution in [0.1, 0.15) is 13.3 Å². The van der Waals surface area contributed by atoms with E-state index in [0.717, 1.165) is 0 Å². The molecule has 1 fully saturated rings. The molecule has 0 aromatic carbocycles. The normalized spacial score (nSPS) is 32.3. The van der Waals surface area contributed by atoms with Crippen LogP contribution >= 0.6 is 0 Å². The molecule has 1 aliphatic heterocycles. The lowest BCUT2D eigenvalue weighted by Gasteiger charge is -2.31. The number of carboxylic acids is 1. The van der Waals surface area contributed by atoms with E-state index in [0.29, 0.717) is 18.9 Å². The number of ether oxygens (including phenoxy) is 1. The number of hydrogen-bond acceptors (Lipinski definition) is 4. The number of esters is 1. The standard InChI is InChI=1S/C9H15NO4/c1-5-3-6(9(13)14-2)7(8(11)12)10-4-5/h5-7,10H,3-4H2,1-2H3,(H,11,12). The van der Waals surface area contributed by atoms with Gasteiger partial charge in [0.2, 0.25) is 0 Å². The summed E-state index contributed by atoms with van der Waals surface area (Å²) < 4.78 is 4.58. The van der Waals surface area contributed by atoms with Gasteiger partial charge < -0.3 is 15.2 Å². The van der Waals surface area contributed by atoms with Crippen molar-refractivity contribution in [3.05, 3.63) is 0 Å². The molecular formula is C9H15NO4. The quantitative estimate of drug-likeness (QED) is 0.608. The van der Waals surface area contributed by atoms with E-state index in [-0.39, 0.29) is 0 Å². The van der Waals surface area contributed by atoms with Crippen molar-refractivity contribution in [3.63, 3.8) is 0 Å². The largest absolute Gasteiger partial charge is 0.480 e. The molecule has 0 aliphatic carbocycles. The summed E-state index contributed by atoms with van der Waals surface area (Å²) in [6.45, 7) is 2.60. The average Bonchev–Trinajstić information content (AvgIpc) is 2.16. The van der Waals surface area contributed by atoms with Crippen LogP contribution in [-0.2, 0) is 14.3 Å². The molecule has 0 bridgehead atoms. The van der Waals surface area contributed by atoms with Crippen LogP contribution in [0.15, 0.2) is 0 Å². The molecule has 2 N–H and O–H groups in total. The summed E-state index contributed by atoms with van der Waals surface area (Å²) in [5.74, 6) is -1.71. The lowest BCUT2D eigenvalue weighted by molar-refractivity contribution is -0.155. The first-order chi connectivity index (χ1) is 6.56. The van der Waals surface area contributed by atoms with Crippen molar-refractivity contribution in [1.29, 1.82) is 0 Å². The molecule has 0 aromatic rings. The second kappa shape index (κ2) is 4.41. The summed E-state index contributed by atoms with van der Waals surface area (Å²) in [7, 11) is 1.28. The summed E-state index contributed by atoms with van der Waals surface area (Å²) in [6.07, 6.45) is 0.566. The Balaban J connectivity index is 2.73. The Bertz CT molecular complexity index is 241. The molecule has 5 heteroatoms. The van der Waals surface area contributed by atoms with Gasteiger partial charge in [0.25, 0.3) is 0 Å². The second-order valence-corrected chi connectivity index (χ2v) is 3.69. The van der Waals surface area contributed by atoms with E-state index in [9.17, 15) is 9.59 Å². The molecular weight excluding hydrogens is 186 g/mol. The third-order valence-corrected chi connectivity index (χ3v) is 2.51. The molecule has 0 spiro atoms. The van der Waals surface area contributed by atoms with Crippen molar-refractivity contribution in [2.24, 2.45) is 11.8 Å². The van der Waals surface area contributed by atoms with E-state index in [1.54, 1.807) is 0 Å². The highest BCUT2D eigenvalue weighted by Gasteiger charge is 2.38. The predicted molar refractivity (Wildman–Crippen MR) is 48.7 cm³/mol. The van der Waals surface area contributed by atoms with Gasteiger partial charge in [-0.2, -0.15) is 0 Å². The molecule has 80 valence electrons. The molecule has 0 saturated carbocycles. The number of rotatable bonds is 2. The molecule has 14 heavy (non-hydrogen) atoms. The van der Waals surface area contributed by atoms with Gasteiger partial charge in [0.05, 0.1) is 13.0 Å². The van der Waals surface area contributed by atoms with Gasteiger partial charge in [-0.3, -0.25) is 9.59 Å². The predicted octanol–water partition coefficient (Wildman–Crippen LogP) is -0.142. The number of carbonyl (C=O) groups excluding carboxylic acids is 1. The molecule has 3 atom stereocenters. The van der Waals surface area contributed by atoms with Crippen molar-refractivity contribution in [1.82, 2.24) is 5.32 Å². The fourth-order valence-corrected chi connectivity index (χ4v) is 1.77. The average molecular weight is 201 g/mol. The Morgan fingerprint density at radius 2 is 2.14 bits per heavy atom. The van der Waals surface area contributed by atoms with Gasteiger partial charge in [-0.15, -0.1) is 0 Å². The smallest absolute Gasteiger partial charge is 0.321 e. The zero-order chi connectivity index (χ0) is 10.7. The van der Waals surface area contributed by atoms with Crippen LogP contribution < -0.4 is 5.32 Å². The zero-order valence-electron chi connectivity index (χ0n) is 8.32. The van der Waals surface area contributed by atoms with Crippen LogP contribution in [0.2, 0.25) is 0 Å². The molecule has 0 aromatic heterocycles. The van der Waals surface area contributed by atoms with E-state index in [2.05, 4.69) is 10.1 Å². The summed E-state index contributed by atoms with van der Waals surface area (Å²) >= 11 is 0. The Labute approximate surface area is 82.4 Å². The third kappa shape index (κ3) is 2.23. The van der Waals surface area contributed by atoms with Crippen molar-refractivity contribution in [2.75, 3.05) is 13.7 Å². The van der Waals surface area contributed by atoms with E-state index in [4.69, 9.17) is 5.11 Å². The van der Waals surface area contributed by atoms with Crippen LogP contribution in [0.3, 0.4) is 0 Å². The van der Waals surface area contributed by atoms with Crippen LogP contribution in [0.5, 0.6) is 0 Å². The molecule has 0 radical (unpaired) electrons. The van der Waals surface area contributed by atoms with Gasteiger partial charge >= 0.3 is 11.9 Å². The maximum absolute atomic E-state index is 11.3. The minimum absolute atomic E-state index is 0.301.